The maximum Gasteiger partial charge on any atom is 0.188 e. The van der Waals surface area contributed by atoms with Gasteiger partial charge in [-0.25, -0.2) is 4.98 Å². The van der Waals surface area contributed by atoms with E-state index in [9.17, 15) is 4.79 Å². The van der Waals surface area contributed by atoms with Crippen molar-refractivity contribution in [3.05, 3.63) is 112 Å². The van der Waals surface area contributed by atoms with Crippen LogP contribution < -0.4 is 4.74 Å². The molecule has 4 aromatic rings. The van der Waals surface area contributed by atoms with Crippen LogP contribution in [0.15, 0.2) is 88.5 Å². The first-order valence-corrected chi connectivity index (χ1v) is 13.1. The van der Waals surface area contributed by atoms with E-state index in [-0.39, 0.29) is 5.78 Å². The monoisotopic (exact) mass is 532 g/mol. The van der Waals surface area contributed by atoms with E-state index in [0.717, 1.165) is 56.0 Å². The Morgan fingerprint density at radius 1 is 1.06 bits per heavy atom. The lowest BCUT2D eigenvalue weighted by atomic mass is 9.87. The van der Waals surface area contributed by atoms with Crippen LogP contribution in [0.5, 0.6) is 5.75 Å². The Kier molecular flexibility index (Phi) is 6.61. The number of benzene rings is 3. The summed E-state index contributed by atoms with van der Waals surface area (Å²) in [5.74, 6) is 2.45. The third-order valence-electron chi connectivity index (χ3n) is 6.32. The summed E-state index contributed by atoms with van der Waals surface area (Å²) in [6, 6.07) is 22.2. The standard InChI is InChI=1S/C28H25BrN2O2S/c1-28(27-30-16-17-31-27,19-8-3-2-4-9-19)33-25-15-14-21-20(10-7-12-24(21)32)22(25)18-34-26-13-6-5-11-23(26)29/h2-6,8-9,11,13-17H,7,10,12,18H2,1H3,(H,30,31)/t28-/m0/s1. The predicted octanol–water partition coefficient (Wildman–Crippen LogP) is 7.33. The molecule has 0 spiro atoms. The molecule has 1 N–H and O–H groups in total. The minimum Gasteiger partial charge on any atom is -0.475 e. The molecule has 4 nitrogen and oxygen atoms in total. The van der Waals surface area contributed by atoms with Gasteiger partial charge in [0.25, 0.3) is 0 Å². The number of imidazole rings is 1. The molecular formula is C28H25BrN2O2S. The average Bonchev–Trinajstić information content (AvgIpc) is 3.41. The van der Waals surface area contributed by atoms with Gasteiger partial charge in [-0.3, -0.25) is 4.79 Å². The first kappa shape index (κ1) is 22.9. The topological polar surface area (TPSA) is 55.0 Å². The number of H-pyrrole nitrogens is 1. The number of carbonyl (C=O) groups excluding carboxylic acids is 1. The molecule has 6 heteroatoms. The quantitative estimate of drug-likeness (QED) is 0.253. The Morgan fingerprint density at radius 3 is 2.62 bits per heavy atom. The lowest BCUT2D eigenvalue weighted by Gasteiger charge is -2.32. The largest absolute Gasteiger partial charge is 0.475 e. The molecule has 0 saturated heterocycles. The fourth-order valence-corrected chi connectivity index (χ4v) is 6.12. The number of ether oxygens (including phenoxy) is 1. The van der Waals surface area contributed by atoms with Crippen LogP contribution in [0.1, 0.15) is 52.6 Å². The maximum absolute atomic E-state index is 12.7. The van der Waals surface area contributed by atoms with E-state index in [0.29, 0.717) is 12.2 Å². The molecule has 3 aromatic carbocycles. The molecule has 0 amide bonds. The van der Waals surface area contributed by atoms with Crippen LogP contribution in [-0.4, -0.2) is 15.8 Å². The van der Waals surface area contributed by atoms with Gasteiger partial charge in [0.1, 0.15) is 5.75 Å². The third kappa shape index (κ3) is 4.44. The van der Waals surface area contributed by atoms with Crippen molar-refractivity contribution in [2.24, 2.45) is 0 Å². The summed E-state index contributed by atoms with van der Waals surface area (Å²) in [7, 11) is 0. The van der Waals surface area contributed by atoms with Crippen molar-refractivity contribution in [2.45, 2.75) is 42.4 Å². The van der Waals surface area contributed by atoms with Gasteiger partial charge < -0.3 is 9.72 Å². The molecule has 0 radical (unpaired) electrons. The number of carbonyl (C=O) groups is 1. The SMILES string of the molecule is C[C@](Oc1ccc2c(c1CSc1ccccc1Br)CCCC2=O)(c1ccccc1)c1ncc[nH]1. The van der Waals surface area contributed by atoms with Crippen molar-refractivity contribution in [1.29, 1.82) is 0 Å². The number of halogens is 1. The molecule has 1 aliphatic carbocycles. The lowest BCUT2D eigenvalue weighted by molar-refractivity contribution is 0.0971. The highest BCUT2D eigenvalue weighted by Crippen LogP contribution is 2.41. The average molecular weight is 533 g/mol. The molecule has 0 saturated carbocycles. The van der Waals surface area contributed by atoms with Crippen LogP contribution in [0, 0.1) is 0 Å². The highest BCUT2D eigenvalue weighted by molar-refractivity contribution is 9.10. The summed E-state index contributed by atoms with van der Waals surface area (Å²) in [4.78, 5) is 21.7. The van der Waals surface area contributed by atoms with Gasteiger partial charge in [-0.05, 0) is 65.5 Å². The first-order valence-electron chi connectivity index (χ1n) is 11.4. The van der Waals surface area contributed by atoms with Crippen LogP contribution in [0.4, 0.5) is 0 Å². The molecule has 0 fully saturated rings. The van der Waals surface area contributed by atoms with E-state index < -0.39 is 5.60 Å². The zero-order valence-electron chi connectivity index (χ0n) is 18.9. The summed E-state index contributed by atoms with van der Waals surface area (Å²) >= 11 is 5.41. The normalized spacial score (nSPS) is 14.9. The second-order valence-corrected chi connectivity index (χ2v) is 10.4. The molecule has 1 heterocycles. The van der Waals surface area contributed by atoms with Gasteiger partial charge in [0, 0.05) is 50.6 Å². The van der Waals surface area contributed by atoms with Crippen molar-refractivity contribution in [3.63, 3.8) is 0 Å². The Bertz CT molecular complexity index is 1310. The summed E-state index contributed by atoms with van der Waals surface area (Å²) in [5, 5.41) is 0. The number of aromatic nitrogens is 2. The van der Waals surface area contributed by atoms with Crippen LogP contribution in [-0.2, 0) is 17.8 Å². The number of nitrogens with zero attached hydrogens (tertiary/aromatic N) is 1. The molecule has 1 aromatic heterocycles. The highest BCUT2D eigenvalue weighted by Gasteiger charge is 2.35. The number of aromatic amines is 1. The second kappa shape index (κ2) is 9.80. The number of hydrogen-bond donors (Lipinski definition) is 1. The molecule has 1 atom stereocenters. The number of ketones is 1. The number of Topliss-reactive ketones (excluding diaryl/α,β-unsaturated/α-hetero) is 1. The van der Waals surface area contributed by atoms with E-state index in [1.165, 1.54) is 0 Å². The summed E-state index contributed by atoms with van der Waals surface area (Å²) in [5.41, 5.74) is 3.22. The van der Waals surface area contributed by atoms with Gasteiger partial charge in [-0.15, -0.1) is 11.8 Å². The van der Waals surface area contributed by atoms with Crippen LogP contribution in [0.3, 0.4) is 0 Å². The smallest absolute Gasteiger partial charge is 0.188 e. The summed E-state index contributed by atoms with van der Waals surface area (Å²) in [6.07, 6.45) is 5.92. The van der Waals surface area contributed by atoms with Gasteiger partial charge in [0.05, 0.1) is 0 Å². The molecule has 0 unspecified atom stereocenters. The van der Waals surface area contributed by atoms with Gasteiger partial charge in [0.15, 0.2) is 17.2 Å². The molecular weight excluding hydrogens is 508 g/mol. The van der Waals surface area contributed by atoms with Crippen LogP contribution in [0.2, 0.25) is 0 Å². The summed E-state index contributed by atoms with van der Waals surface area (Å²) < 4.78 is 7.92. The number of rotatable bonds is 7. The van der Waals surface area contributed by atoms with E-state index in [4.69, 9.17) is 4.74 Å². The van der Waals surface area contributed by atoms with Gasteiger partial charge >= 0.3 is 0 Å². The van der Waals surface area contributed by atoms with Crippen LogP contribution in [0.25, 0.3) is 0 Å². The number of thioether (sulfide) groups is 1. The Balaban J connectivity index is 1.59. The third-order valence-corrected chi connectivity index (χ3v) is 8.37. The Hall–Kier alpha value is -2.83. The molecule has 1 aliphatic rings. The van der Waals surface area contributed by atoms with Gasteiger partial charge in [-0.1, -0.05) is 42.5 Å². The molecule has 34 heavy (non-hydrogen) atoms. The van der Waals surface area contributed by atoms with Crippen molar-refractivity contribution in [2.75, 3.05) is 0 Å². The lowest BCUT2D eigenvalue weighted by Crippen LogP contribution is -2.33. The summed E-state index contributed by atoms with van der Waals surface area (Å²) in [6.45, 7) is 2.04. The number of hydrogen-bond acceptors (Lipinski definition) is 4. The minimum absolute atomic E-state index is 0.219. The van der Waals surface area contributed by atoms with E-state index in [1.807, 2.05) is 61.7 Å². The molecule has 0 aliphatic heterocycles. The van der Waals surface area contributed by atoms with Crippen molar-refractivity contribution in [1.82, 2.24) is 9.97 Å². The van der Waals surface area contributed by atoms with E-state index >= 15 is 0 Å². The van der Waals surface area contributed by atoms with Crippen LogP contribution >= 0.6 is 27.7 Å². The van der Waals surface area contributed by atoms with E-state index in [2.05, 4.69) is 44.1 Å². The van der Waals surface area contributed by atoms with E-state index in [1.54, 1.807) is 18.0 Å². The fraction of sp³-hybridized carbons (Fsp3) is 0.214. The number of fused-ring (bicyclic) bond motifs is 1. The zero-order valence-corrected chi connectivity index (χ0v) is 21.3. The number of nitrogens with one attached hydrogen (secondary N) is 1. The molecule has 5 rings (SSSR count). The zero-order chi connectivity index (χ0) is 23.5. The molecule has 172 valence electrons. The first-order chi connectivity index (χ1) is 16.6. The fourth-order valence-electron chi connectivity index (χ4n) is 4.49. The highest BCUT2D eigenvalue weighted by atomic mass is 79.9. The van der Waals surface area contributed by atoms with Crippen molar-refractivity contribution >= 4 is 33.5 Å². The Morgan fingerprint density at radius 2 is 1.85 bits per heavy atom. The van der Waals surface area contributed by atoms with Crippen molar-refractivity contribution < 1.29 is 9.53 Å². The molecule has 0 bridgehead atoms. The van der Waals surface area contributed by atoms with Crippen molar-refractivity contribution in [3.8, 4) is 5.75 Å². The minimum atomic E-state index is -0.815. The van der Waals surface area contributed by atoms with Gasteiger partial charge in [-0.2, -0.15) is 0 Å². The predicted molar refractivity (Wildman–Crippen MR) is 140 cm³/mol. The van der Waals surface area contributed by atoms with Gasteiger partial charge in [0.2, 0.25) is 0 Å². The Labute approximate surface area is 212 Å². The second-order valence-electron chi connectivity index (χ2n) is 8.50. The maximum atomic E-state index is 12.7.